The lowest BCUT2D eigenvalue weighted by Gasteiger charge is -2.26. The van der Waals surface area contributed by atoms with E-state index in [4.69, 9.17) is 16.3 Å². The highest BCUT2D eigenvalue weighted by molar-refractivity contribution is 7.92. The van der Waals surface area contributed by atoms with Crippen LogP contribution >= 0.6 is 11.6 Å². The van der Waals surface area contributed by atoms with E-state index < -0.39 is 34.2 Å². The third kappa shape index (κ3) is 5.77. The number of hydrogen-bond acceptors (Lipinski definition) is 4. The van der Waals surface area contributed by atoms with Crippen molar-refractivity contribution in [2.75, 3.05) is 23.3 Å². The molecule has 0 aliphatic rings. The van der Waals surface area contributed by atoms with Gasteiger partial charge in [0.15, 0.2) is 0 Å². The Morgan fingerprint density at radius 1 is 1.03 bits per heavy atom. The summed E-state index contributed by atoms with van der Waals surface area (Å²) in [6, 6.07) is 15.6. The molecule has 0 aliphatic heterocycles. The summed E-state index contributed by atoms with van der Waals surface area (Å²) in [5.74, 6) is -0.735. The van der Waals surface area contributed by atoms with Gasteiger partial charge in [0, 0.05) is 10.7 Å². The van der Waals surface area contributed by atoms with Crippen molar-refractivity contribution in [2.24, 2.45) is 0 Å². The Hall–Kier alpha value is -3.24. The van der Waals surface area contributed by atoms with E-state index in [2.05, 4.69) is 5.32 Å². The van der Waals surface area contributed by atoms with Crippen LogP contribution in [0.5, 0.6) is 5.75 Å². The molecule has 174 valence electrons. The van der Waals surface area contributed by atoms with Gasteiger partial charge >= 0.3 is 6.18 Å². The number of hydrogen-bond donors (Lipinski definition) is 1. The fourth-order valence-electron chi connectivity index (χ4n) is 2.98. The van der Waals surface area contributed by atoms with E-state index >= 15 is 0 Å². The summed E-state index contributed by atoms with van der Waals surface area (Å²) in [6.07, 6.45) is -4.60. The highest BCUT2D eigenvalue weighted by Gasteiger charge is 2.32. The number of ether oxygens (including phenoxy) is 1. The van der Waals surface area contributed by atoms with Gasteiger partial charge in [-0.1, -0.05) is 35.9 Å². The molecule has 0 atom stereocenters. The Morgan fingerprint density at radius 3 is 2.36 bits per heavy atom. The second-order valence-corrected chi connectivity index (χ2v) is 9.07. The van der Waals surface area contributed by atoms with E-state index in [-0.39, 0.29) is 27.0 Å². The van der Waals surface area contributed by atoms with Gasteiger partial charge < -0.3 is 10.1 Å². The fraction of sp³-hybridized carbons (Fsp3) is 0.136. The Kier molecular flexibility index (Phi) is 7.19. The molecule has 0 bridgehead atoms. The van der Waals surface area contributed by atoms with Crippen LogP contribution in [0.2, 0.25) is 5.02 Å². The Morgan fingerprint density at radius 2 is 1.73 bits per heavy atom. The number of sulfonamides is 1. The van der Waals surface area contributed by atoms with Crippen molar-refractivity contribution in [2.45, 2.75) is 11.1 Å². The summed E-state index contributed by atoms with van der Waals surface area (Å²) in [5, 5.41) is 2.50. The monoisotopic (exact) mass is 498 g/mol. The highest BCUT2D eigenvalue weighted by atomic mass is 35.5. The zero-order chi connectivity index (χ0) is 24.2. The predicted octanol–water partition coefficient (Wildman–Crippen LogP) is 5.20. The minimum absolute atomic E-state index is 0.00644. The fourth-order valence-corrected chi connectivity index (χ4v) is 4.59. The molecule has 0 saturated carbocycles. The van der Waals surface area contributed by atoms with Crippen LogP contribution in [-0.2, 0) is 21.0 Å². The minimum atomic E-state index is -4.60. The molecule has 3 aromatic carbocycles. The molecule has 3 rings (SSSR count). The molecule has 11 heteroatoms. The van der Waals surface area contributed by atoms with Gasteiger partial charge in [-0.05, 0) is 48.5 Å². The molecule has 0 saturated heterocycles. The molecule has 1 amide bonds. The zero-order valence-corrected chi connectivity index (χ0v) is 18.7. The highest BCUT2D eigenvalue weighted by Crippen LogP contribution is 2.35. The summed E-state index contributed by atoms with van der Waals surface area (Å²) in [4.78, 5) is 12.6. The second-order valence-electron chi connectivity index (χ2n) is 6.77. The molecule has 0 spiro atoms. The molecular weight excluding hydrogens is 481 g/mol. The van der Waals surface area contributed by atoms with Crippen LogP contribution < -0.4 is 14.4 Å². The number of nitrogens with one attached hydrogen (secondary N) is 1. The standard InChI is InChI=1S/C22H18ClF3N2O4S/c1-32-20-11-10-16(23)13-19(20)28(33(30,31)18-8-3-2-4-9-18)14-21(29)27-17-7-5-6-15(12-17)22(24,25)26/h2-13H,14H2,1H3,(H,27,29). The molecule has 0 aromatic heterocycles. The van der Waals surface area contributed by atoms with Crippen LogP contribution in [0.4, 0.5) is 24.5 Å². The maximum atomic E-state index is 13.4. The Balaban J connectivity index is 1.99. The van der Waals surface area contributed by atoms with Crippen molar-refractivity contribution in [3.63, 3.8) is 0 Å². The molecular formula is C22H18ClF3N2O4S. The quantitative estimate of drug-likeness (QED) is 0.486. The van der Waals surface area contributed by atoms with Crippen LogP contribution in [-0.4, -0.2) is 28.0 Å². The topological polar surface area (TPSA) is 75.7 Å². The number of carbonyl (C=O) groups excluding carboxylic acids is 1. The summed E-state index contributed by atoms with van der Waals surface area (Å²) in [5.41, 5.74) is -1.09. The smallest absolute Gasteiger partial charge is 0.416 e. The van der Waals surface area contributed by atoms with E-state index in [0.717, 1.165) is 22.5 Å². The number of nitrogens with zero attached hydrogens (tertiary/aromatic N) is 1. The first-order chi connectivity index (χ1) is 15.5. The lowest BCUT2D eigenvalue weighted by molar-refractivity contribution is -0.137. The lowest BCUT2D eigenvalue weighted by Crippen LogP contribution is -2.38. The van der Waals surface area contributed by atoms with Gasteiger partial charge in [-0.3, -0.25) is 9.10 Å². The number of carbonyl (C=O) groups is 1. The van der Waals surface area contributed by atoms with Crippen molar-refractivity contribution in [3.05, 3.63) is 83.4 Å². The van der Waals surface area contributed by atoms with E-state index in [9.17, 15) is 26.4 Å². The summed E-state index contributed by atoms with van der Waals surface area (Å²) in [7, 11) is -2.95. The lowest BCUT2D eigenvalue weighted by atomic mass is 10.2. The van der Waals surface area contributed by atoms with Gasteiger partial charge in [0.05, 0.1) is 23.3 Å². The van der Waals surface area contributed by atoms with E-state index in [1.165, 1.54) is 55.6 Å². The van der Waals surface area contributed by atoms with E-state index in [1.807, 2.05) is 0 Å². The molecule has 1 N–H and O–H groups in total. The van der Waals surface area contributed by atoms with Gasteiger partial charge in [-0.15, -0.1) is 0 Å². The van der Waals surface area contributed by atoms with Gasteiger partial charge in [-0.2, -0.15) is 13.2 Å². The van der Waals surface area contributed by atoms with Gasteiger partial charge in [-0.25, -0.2) is 8.42 Å². The predicted molar refractivity (Wildman–Crippen MR) is 119 cm³/mol. The van der Waals surface area contributed by atoms with Gasteiger partial charge in [0.1, 0.15) is 12.3 Å². The number of methoxy groups -OCH3 is 1. The van der Waals surface area contributed by atoms with Gasteiger partial charge in [0.2, 0.25) is 5.91 Å². The number of amides is 1. The molecule has 0 fully saturated rings. The molecule has 6 nitrogen and oxygen atoms in total. The molecule has 0 heterocycles. The van der Waals surface area contributed by atoms with Gasteiger partial charge in [0.25, 0.3) is 10.0 Å². The number of halogens is 4. The third-order valence-electron chi connectivity index (χ3n) is 4.50. The van der Waals surface area contributed by atoms with Crippen LogP contribution in [0.25, 0.3) is 0 Å². The van der Waals surface area contributed by atoms with Crippen LogP contribution in [0.3, 0.4) is 0 Å². The Bertz CT molecular complexity index is 1250. The number of rotatable bonds is 7. The zero-order valence-electron chi connectivity index (χ0n) is 17.1. The maximum absolute atomic E-state index is 13.4. The number of benzene rings is 3. The average molecular weight is 499 g/mol. The second kappa shape index (κ2) is 9.72. The van der Waals surface area contributed by atoms with Crippen LogP contribution in [0.15, 0.2) is 77.7 Å². The number of anilines is 2. The average Bonchev–Trinajstić information content (AvgIpc) is 2.77. The summed E-state index contributed by atoms with van der Waals surface area (Å²) < 4.78 is 71.7. The van der Waals surface area contributed by atoms with E-state index in [1.54, 1.807) is 6.07 Å². The van der Waals surface area contributed by atoms with Crippen molar-refractivity contribution >= 4 is 38.9 Å². The van der Waals surface area contributed by atoms with Crippen molar-refractivity contribution in [3.8, 4) is 5.75 Å². The maximum Gasteiger partial charge on any atom is 0.416 e. The molecule has 3 aromatic rings. The summed E-state index contributed by atoms with van der Waals surface area (Å²) >= 11 is 6.06. The number of alkyl halides is 3. The van der Waals surface area contributed by atoms with E-state index in [0.29, 0.717) is 0 Å². The van der Waals surface area contributed by atoms with Crippen molar-refractivity contribution in [1.82, 2.24) is 0 Å². The Labute approximate surface area is 193 Å². The normalized spacial score (nSPS) is 11.7. The molecule has 0 radical (unpaired) electrons. The minimum Gasteiger partial charge on any atom is -0.495 e. The summed E-state index contributed by atoms with van der Waals surface area (Å²) in [6.45, 7) is -0.746. The van der Waals surface area contributed by atoms with Crippen molar-refractivity contribution in [1.29, 1.82) is 0 Å². The van der Waals surface area contributed by atoms with Crippen LogP contribution in [0.1, 0.15) is 5.56 Å². The third-order valence-corrected chi connectivity index (χ3v) is 6.51. The first-order valence-corrected chi connectivity index (χ1v) is 11.2. The first-order valence-electron chi connectivity index (χ1n) is 9.41. The molecule has 0 unspecified atom stereocenters. The van der Waals surface area contributed by atoms with Crippen molar-refractivity contribution < 1.29 is 31.1 Å². The SMILES string of the molecule is COc1ccc(Cl)cc1N(CC(=O)Nc1cccc(C(F)(F)F)c1)S(=O)(=O)c1ccccc1. The molecule has 0 aliphatic carbocycles. The molecule has 33 heavy (non-hydrogen) atoms. The van der Waals surface area contributed by atoms with Crippen LogP contribution in [0, 0.1) is 0 Å². The largest absolute Gasteiger partial charge is 0.495 e. The first kappa shape index (κ1) is 24.4.